The van der Waals surface area contributed by atoms with Crippen molar-refractivity contribution in [2.45, 2.75) is 6.42 Å². The van der Waals surface area contributed by atoms with Gasteiger partial charge in [-0.2, -0.15) is 5.26 Å². The van der Waals surface area contributed by atoms with Gasteiger partial charge in [-0.3, -0.25) is 9.59 Å². The molecule has 0 saturated carbocycles. The van der Waals surface area contributed by atoms with Crippen molar-refractivity contribution in [2.75, 3.05) is 10.6 Å². The summed E-state index contributed by atoms with van der Waals surface area (Å²) in [5.74, 6) is -0.651. The summed E-state index contributed by atoms with van der Waals surface area (Å²) in [7, 11) is 0. The third-order valence-corrected chi connectivity index (χ3v) is 2.99. The van der Waals surface area contributed by atoms with Crippen LogP contribution in [0.15, 0.2) is 48.5 Å². The lowest BCUT2D eigenvalue weighted by molar-refractivity contribution is -0.115. The average molecular weight is 314 g/mol. The molecule has 5 nitrogen and oxygen atoms in total. The fourth-order valence-electron chi connectivity index (χ4n) is 1.75. The van der Waals surface area contributed by atoms with E-state index in [9.17, 15) is 9.59 Å². The second-order valence-electron chi connectivity index (χ2n) is 4.42. The van der Waals surface area contributed by atoms with Gasteiger partial charge in [-0.15, -0.1) is 0 Å². The summed E-state index contributed by atoms with van der Waals surface area (Å²) >= 11 is 5.84. The maximum Gasteiger partial charge on any atom is 0.255 e. The molecular weight excluding hydrogens is 302 g/mol. The topological polar surface area (TPSA) is 82.0 Å². The Hall–Kier alpha value is -2.84. The van der Waals surface area contributed by atoms with Gasteiger partial charge >= 0.3 is 0 Å². The second-order valence-corrected chi connectivity index (χ2v) is 4.86. The first-order chi connectivity index (χ1) is 10.6. The van der Waals surface area contributed by atoms with Gasteiger partial charge < -0.3 is 10.6 Å². The molecule has 2 rings (SSSR count). The highest BCUT2D eigenvalue weighted by Gasteiger charge is 2.07. The number of anilines is 2. The number of benzene rings is 2. The molecule has 2 aromatic carbocycles. The van der Waals surface area contributed by atoms with Gasteiger partial charge in [-0.25, -0.2) is 0 Å². The minimum Gasteiger partial charge on any atom is -0.325 e. The minimum absolute atomic E-state index is 0.201. The third-order valence-electron chi connectivity index (χ3n) is 2.75. The van der Waals surface area contributed by atoms with Crippen LogP contribution in [0.25, 0.3) is 0 Å². The fraction of sp³-hybridized carbons (Fsp3) is 0.0625. The Balaban J connectivity index is 2.01. The van der Waals surface area contributed by atoms with Crippen LogP contribution in [-0.4, -0.2) is 11.8 Å². The SMILES string of the molecule is N#CCC(=O)Nc1ccc(NC(=O)c2cccc(Cl)c2)cc1. The number of nitrogens with one attached hydrogen (secondary N) is 2. The number of nitriles is 1. The number of rotatable bonds is 4. The largest absolute Gasteiger partial charge is 0.325 e. The van der Waals surface area contributed by atoms with E-state index in [-0.39, 0.29) is 18.2 Å². The van der Waals surface area contributed by atoms with Crippen LogP contribution >= 0.6 is 11.6 Å². The van der Waals surface area contributed by atoms with Gasteiger partial charge in [-0.05, 0) is 42.5 Å². The fourth-order valence-corrected chi connectivity index (χ4v) is 1.94. The second kappa shape index (κ2) is 7.25. The standard InChI is InChI=1S/C16H12ClN3O2/c17-12-3-1-2-11(10-12)16(22)20-14-6-4-13(5-7-14)19-15(21)8-9-18/h1-7,10H,8H2,(H,19,21)(H,20,22). The predicted molar refractivity (Wildman–Crippen MR) is 84.7 cm³/mol. The Labute approximate surface area is 132 Å². The lowest BCUT2D eigenvalue weighted by Crippen LogP contribution is -2.12. The van der Waals surface area contributed by atoms with E-state index in [1.807, 2.05) is 0 Å². The monoisotopic (exact) mass is 313 g/mol. The zero-order valence-electron chi connectivity index (χ0n) is 11.5. The number of carbonyl (C=O) groups excluding carboxylic acids is 2. The van der Waals surface area contributed by atoms with Crippen LogP contribution in [0.1, 0.15) is 16.8 Å². The van der Waals surface area contributed by atoms with Gasteiger partial charge in [0, 0.05) is 22.0 Å². The van der Waals surface area contributed by atoms with E-state index in [0.717, 1.165) is 0 Å². The van der Waals surface area contributed by atoms with Crippen LogP contribution in [0.4, 0.5) is 11.4 Å². The summed E-state index contributed by atoms with van der Waals surface area (Å²) in [4.78, 5) is 23.3. The summed E-state index contributed by atoms with van der Waals surface area (Å²) in [6, 6.07) is 15.0. The van der Waals surface area contributed by atoms with Crippen molar-refractivity contribution < 1.29 is 9.59 Å². The van der Waals surface area contributed by atoms with Crippen LogP contribution in [-0.2, 0) is 4.79 Å². The first kappa shape index (κ1) is 15.5. The van der Waals surface area contributed by atoms with Gasteiger partial charge in [0.25, 0.3) is 5.91 Å². The van der Waals surface area contributed by atoms with Crippen LogP contribution < -0.4 is 10.6 Å². The van der Waals surface area contributed by atoms with Crippen molar-refractivity contribution in [1.29, 1.82) is 5.26 Å². The van der Waals surface area contributed by atoms with Crippen molar-refractivity contribution in [3.05, 3.63) is 59.1 Å². The molecule has 0 fully saturated rings. The molecule has 2 aromatic rings. The maximum atomic E-state index is 12.0. The van der Waals surface area contributed by atoms with Crippen LogP contribution in [0.2, 0.25) is 5.02 Å². The van der Waals surface area contributed by atoms with Gasteiger partial charge in [-0.1, -0.05) is 17.7 Å². The molecule has 0 aromatic heterocycles. The molecule has 0 radical (unpaired) electrons. The highest BCUT2D eigenvalue weighted by Crippen LogP contribution is 2.16. The first-order valence-corrected chi connectivity index (χ1v) is 6.80. The van der Waals surface area contributed by atoms with Crippen molar-refractivity contribution in [1.82, 2.24) is 0 Å². The summed E-state index contributed by atoms with van der Waals surface area (Å²) in [5.41, 5.74) is 1.60. The van der Waals surface area contributed by atoms with Crippen molar-refractivity contribution in [3.8, 4) is 6.07 Å². The minimum atomic E-state index is -0.377. The van der Waals surface area contributed by atoms with Gasteiger partial charge in [0.1, 0.15) is 6.42 Å². The summed E-state index contributed by atoms with van der Waals surface area (Å²) in [6.45, 7) is 0. The highest BCUT2D eigenvalue weighted by molar-refractivity contribution is 6.31. The molecule has 0 heterocycles. The van der Waals surface area contributed by atoms with E-state index in [1.54, 1.807) is 54.6 Å². The Morgan fingerprint density at radius 1 is 1.05 bits per heavy atom. The Kier molecular flexibility index (Phi) is 5.12. The Morgan fingerprint density at radius 2 is 1.68 bits per heavy atom. The average Bonchev–Trinajstić information content (AvgIpc) is 2.49. The van der Waals surface area contributed by atoms with E-state index in [0.29, 0.717) is 22.0 Å². The molecule has 2 N–H and O–H groups in total. The lowest BCUT2D eigenvalue weighted by atomic mass is 10.2. The van der Waals surface area contributed by atoms with Crippen molar-refractivity contribution in [2.24, 2.45) is 0 Å². The Bertz CT molecular complexity index is 736. The predicted octanol–water partition coefficient (Wildman–Crippen LogP) is 3.44. The number of halogens is 1. The van der Waals surface area contributed by atoms with Gasteiger partial charge in [0.05, 0.1) is 6.07 Å². The van der Waals surface area contributed by atoms with E-state index in [1.165, 1.54) is 0 Å². The summed E-state index contributed by atoms with van der Waals surface area (Å²) in [6.07, 6.45) is -0.201. The zero-order chi connectivity index (χ0) is 15.9. The summed E-state index contributed by atoms with van der Waals surface area (Å²) in [5, 5.41) is 14.2. The Morgan fingerprint density at radius 3 is 2.27 bits per heavy atom. The highest BCUT2D eigenvalue weighted by atomic mass is 35.5. The van der Waals surface area contributed by atoms with Crippen molar-refractivity contribution >= 4 is 34.8 Å². The quantitative estimate of drug-likeness (QED) is 0.907. The molecule has 0 bridgehead atoms. The zero-order valence-corrected chi connectivity index (χ0v) is 12.2. The lowest BCUT2D eigenvalue weighted by Gasteiger charge is -2.07. The van der Waals surface area contributed by atoms with Crippen LogP contribution in [0.3, 0.4) is 0 Å². The molecule has 0 aliphatic rings. The summed E-state index contributed by atoms with van der Waals surface area (Å²) < 4.78 is 0. The molecule has 0 aliphatic carbocycles. The molecule has 0 spiro atoms. The molecule has 22 heavy (non-hydrogen) atoms. The molecule has 0 saturated heterocycles. The van der Waals surface area contributed by atoms with Crippen molar-refractivity contribution in [3.63, 3.8) is 0 Å². The molecule has 0 atom stereocenters. The number of hydrogen-bond donors (Lipinski definition) is 2. The van der Waals surface area contributed by atoms with Crippen LogP contribution in [0, 0.1) is 11.3 Å². The van der Waals surface area contributed by atoms with E-state index in [4.69, 9.17) is 16.9 Å². The van der Waals surface area contributed by atoms with E-state index in [2.05, 4.69) is 10.6 Å². The number of carbonyl (C=O) groups is 2. The smallest absolute Gasteiger partial charge is 0.255 e. The number of nitrogens with zero attached hydrogens (tertiary/aromatic N) is 1. The third kappa shape index (κ3) is 4.33. The van der Waals surface area contributed by atoms with Gasteiger partial charge in [0.2, 0.25) is 5.91 Å². The number of amides is 2. The molecule has 0 aliphatic heterocycles. The first-order valence-electron chi connectivity index (χ1n) is 6.42. The number of hydrogen-bond acceptors (Lipinski definition) is 3. The maximum absolute atomic E-state index is 12.0. The normalized spacial score (nSPS) is 9.64. The molecule has 0 unspecified atom stereocenters. The molecule has 2 amide bonds. The molecule has 110 valence electrons. The van der Waals surface area contributed by atoms with Gasteiger partial charge in [0.15, 0.2) is 0 Å². The van der Waals surface area contributed by atoms with Crippen LogP contribution in [0.5, 0.6) is 0 Å². The molecular formula is C16H12ClN3O2. The molecule has 6 heteroatoms. The van der Waals surface area contributed by atoms with E-state index < -0.39 is 0 Å². The van der Waals surface area contributed by atoms with E-state index >= 15 is 0 Å².